The van der Waals surface area contributed by atoms with Crippen LogP contribution in [0.15, 0.2) is 27.7 Å². The molecule has 0 atom stereocenters. The van der Waals surface area contributed by atoms with Crippen LogP contribution >= 0.6 is 15.9 Å². The van der Waals surface area contributed by atoms with Crippen LogP contribution < -0.4 is 16.3 Å². The standard InChI is InChI=1S/C14H12BrN3/c1-8-5-10(3-4-11(8)15)18-12(6-16)9(2)14-13(18)7-17-14/h3-7H,2,16H2,1H3/b12-6+. The quantitative estimate of drug-likeness (QED) is 0.731. The second-order valence-electron chi connectivity index (χ2n) is 4.29. The molecule has 0 unspecified atom stereocenters. The van der Waals surface area contributed by atoms with Crippen LogP contribution in [0.1, 0.15) is 11.3 Å². The first-order valence-electron chi connectivity index (χ1n) is 5.59. The number of nitrogens with two attached hydrogens (primary N) is 1. The summed E-state index contributed by atoms with van der Waals surface area (Å²) in [6.45, 7) is 6.10. The van der Waals surface area contributed by atoms with Gasteiger partial charge in [-0.2, -0.15) is 0 Å². The Labute approximate surface area is 113 Å². The Bertz CT molecular complexity index is 784. The van der Waals surface area contributed by atoms with Gasteiger partial charge in [0.25, 0.3) is 0 Å². The Kier molecular flexibility index (Phi) is 2.41. The van der Waals surface area contributed by atoms with E-state index in [1.54, 1.807) is 6.20 Å². The molecule has 0 fully saturated rings. The summed E-state index contributed by atoms with van der Waals surface area (Å²) < 4.78 is 3.18. The molecular formula is C14H12BrN3. The van der Waals surface area contributed by atoms with Gasteiger partial charge in [-0.3, -0.25) is 4.99 Å². The second kappa shape index (κ2) is 3.85. The average Bonchev–Trinajstić information content (AvgIpc) is 2.49. The van der Waals surface area contributed by atoms with E-state index in [4.69, 9.17) is 5.73 Å². The van der Waals surface area contributed by atoms with Gasteiger partial charge >= 0.3 is 0 Å². The van der Waals surface area contributed by atoms with E-state index in [0.717, 1.165) is 32.1 Å². The highest BCUT2D eigenvalue weighted by Crippen LogP contribution is 2.24. The van der Waals surface area contributed by atoms with Crippen molar-refractivity contribution in [3.05, 3.63) is 44.5 Å². The lowest BCUT2D eigenvalue weighted by molar-refractivity contribution is 1.01. The van der Waals surface area contributed by atoms with Crippen LogP contribution in [0.2, 0.25) is 0 Å². The summed E-state index contributed by atoms with van der Waals surface area (Å²) in [6, 6.07) is 6.20. The summed E-state index contributed by atoms with van der Waals surface area (Å²) in [5.41, 5.74) is 9.98. The van der Waals surface area contributed by atoms with Gasteiger partial charge in [0.15, 0.2) is 0 Å². The Morgan fingerprint density at radius 3 is 2.78 bits per heavy atom. The number of nitrogens with zero attached hydrogens (tertiary/aromatic N) is 2. The number of hydrogen-bond acceptors (Lipinski definition) is 2. The highest BCUT2D eigenvalue weighted by molar-refractivity contribution is 9.10. The molecule has 1 aliphatic heterocycles. The first-order valence-corrected chi connectivity index (χ1v) is 6.39. The monoisotopic (exact) mass is 301 g/mol. The number of halogens is 1. The number of aryl methyl sites for hydroxylation is 1. The van der Waals surface area contributed by atoms with Gasteiger partial charge in [-0.25, -0.2) is 0 Å². The molecule has 3 nitrogen and oxygen atoms in total. The fourth-order valence-corrected chi connectivity index (χ4v) is 2.44. The van der Waals surface area contributed by atoms with Crippen molar-refractivity contribution < 1.29 is 0 Å². The lowest BCUT2D eigenvalue weighted by atomic mass is 10.2. The number of aliphatic imine (C=N–C) groups is 1. The summed E-state index contributed by atoms with van der Waals surface area (Å²) in [5, 5.41) is 1.79. The maximum absolute atomic E-state index is 5.72. The van der Waals surface area contributed by atoms with Crippen LogP contribution in [0.25, 0.3) is 18.5 Å². The first kappa shape index (κ1) is 11.3. The largest absolute Gasteiger partial charge is 0.403 e. The van der Waals surface area contributed by atoms with Crippen molar-refractivity contribution in [2.75, 3.05) is 0 Å². The SMILES string of the molecule is C=c1c2c(n(-c3ccc(Br)c(C)c3)/c1=C/N)C=N2. The fourth-order valence-electron chi connectivity index (χ4n) is 2.19. The van der Waals surface area contributed by atoms with E-state index in [1.165, 1.54) is 5.56 Å². The molecule has 18 heavy (non-hydrogen) atoms. The summed E-state index contributed by atoms with van der Waals surface area (Å²) >= 11 is 3.51. The molecule has 0 saturated heterocycles. The highest BCUT2D eigenvalue weighted by Gasteiger charge is 2.18. The highest BCUT2D eigenvalue weighted by atomic mass is 79.9. The van der Waals surface area contributed by atoms with E-state index in [9.17, 15) is 0 Å². The summed E-state index contributed by atoms with van der Waals surface area (Å²) in [7, 11) is 0. The zero-order chi connectivity index (χ0) is 12.9. The zero-order valence-corrected chi connectivity index (χ0v) is 11.5. The summed E-state index contributed by atoms with van der Waals surface area (Å²) in [6.07, 6.45) is 3.43. The fraction of sp³-hybridized carbons (Fsp3) is 0.0714. The van der Waals surface area contributed by atoms with Gasteiger partial charge in [0.2, 0.25) is 0 Å². The molecule has 0 bridgehead atoms. The van der Waals surface area contributed by atoms with Crippen molar-refractivity contribution in [1.29, 1.82) is 0 Å². The van der Waals surface area contributed by atoms with Crippen molar-refractivity contribution in [3.8, 4) is 5.69 Å². The molecule has 1 aromatic heterocycles. The van der Waals surface area contributed by atoms with Gasteiger partial charge in [-0.15, -0.1) is 0 Å². The Morgan fingerprint density at radius 2 is 2.22 bits per heavy atom. The Morgan fingerprint density at radius 1 is 1.44 bits per heavy atom. The van der Waals surface area contributed by atoms with Crippen LogP contribution in [0, 0.1) is 6.92 Å². The maximum Gasteiger partial charge on any atom is 0.0974 e. The lowest BCUT2D eigenvalue weighted by Gasteiger charge is -2.12. The Balaban J connectivity index is 2.35. The molecule has 0 radical (unpaired) electrons. The van der Waals surface area contributed by atoms with E-state index in [1.807, 2.05) is 12.3 Å². The molecule has 2 N–H and O–H groups in total. The number of benzene rings is 1. The third-order valence-corrected chi connectivity index (χ3v) is 4.08. The minimum Gasteiger partial charge on any atom is -0.403 e. The molecule has 2 aromatic rings. The van der Waals surface area contributed by atoms with Gasteiger partial charge in [0, 0.05) is 21.6 Å². The van der Waals surface area contributed by atoms with Gasteiger partial charge in [0.05, 0.1) is 22.9 Å². The van der Waals surface area contributed by atoms with E-state index in [-0.39, 0.29) is 0 Å². The zero-order valence-electron chi connectivity index (χ0n) is 9.94. The van der Waals surface area contributed by atoms with Gasteiger partial charge in [-0.1, -0.05) is 22.5 Å². The third kappa shape index (κ3) is 1.39. The van der Waals surface area contributed by atoms with Gasteiger partial charge in [-0.05, 0) is 30.7 Å². The molecule has 1 aliphatic rings. The molecule has 3 rings (SSSR count). The second-order valence-corrected chi connectivity index (χ2v) is 5.15. The molecule has 2 heterocycles. The molecule has 0 amide bonds. The molecule has 0 saturated carbocycles. The number of aromatic nitrogens is 1. The summed E-state index contributed by atoms with van der Waals surface area (Å²) in [5.74, 6) is 0. The number of rotatable bonds is 1. The maximum atomic E-state index is 5.72. The van der Waals surface area contributed by atoms with Crippen LogP contribution in [0.5, 0.6) is 0 Å². The number of fused-ring (bicyclic) bond motifs is 1. The van der Waals surface area contributed by atoms with Crippen LogP contribution in [-0.2, 0) is 0 Å². The van der Waals surface area contributed by atoms with E-state index >= 15 is 0 Å². The predicted molar refractivity (Wildman–Crippen MR) is 78.9 cm³/mol. The number of hydrogen-bond donors (Lipinski definition) is 1. The smallest absolute Gasteiger partial charge is 0.0974 e. The van der Waals surface area contributed by atoms with E-state index in [0.29, 0.717) is 0 Å². The van der Waals surface area contributed by atoms with E-state index < -0.39 is 0 Å². The van der Waals surface area contributed by atoms with Crippen LogP contribution in [0.3, 0.4) is 0 Å². The molecule has 90 valence electrons. The topological polar surface area (TPSA) is 43.3 Å². The van der Waals surface area contributed by atoms with E-state index in [2.05, 4.69) is 51.1 Å². The average molecular weight is 302 g/mol. The molecule has 1 aromatic carbocycles. The lowest BCUT2D eigenvalue weighted by Crippen LogP contribution is -2.28. The van der Waals surface area contributed by atoms with Crippen LogP contribution in [-0.4, -0.2) is 10.8 Å². The van der Waals surface area contributed by atoms with Gasteiger partial charge < -0.3 is 10.3 Å². The minimum atomic E-state index is 0.885. The molecule has 0 spiro atoms. The van der Waals surface area contributed by atoms with Crippen molar-refractivity contribution >= 4 is 40.6 Å². The minimum absolute atomic E-state index is 0.885. The normalized spacial score (nSPS) is 13.6. The molecule has 0 aliphatic carbocycles. The van der Waals surface area contributed by atoms with Crippen molar-refractivity contribution in [2.45, 2.75) is 6.92 Å². The first-order chi connectivity index (χ1) is 8.63. The van der Waals surface area contributed by atoms with Crippen molar-refractivity contribution in [3.63, 3.8) is 0 Å². The van der Waals surface area contributed by atoms with Crippen molar-refractivity contribution in [2.24, 2.45) is 10.7 Å². The molecule has 4 heteroatoms. The predicted octanol–water partition coefficient (Wildman–Crippen LogP) is 1.72. The third-order valence-electron chi connectivity index (χ3n) is 3.19. The summed E-state index contributed by atoms with van der Waals surface area (Å²) in [4.78, 5) is 4.23. The Hall–Kier alpha value is -1.81. The van der Waals surface area contributed by atoms with Gasteiger partial charge in [0.1, 0.15) is 0 Å². The van der Waals surface area contributed by atoms with Crippen LogP contribution in [0.4, 0.5) is 5.69 Å². The molecular weight excluding hydrogens is 290 g/mol. The van der Waals surface area contributed by atoms with Crippen molar-refractivity contribution in [1.82, 2.24) is 4.57 Å².